The number of hydrogen-bond donors (Lipinski definition) is 0. The maximum absolute atomic E-state index is 6.18. The van der Waals surface area contributed by atoms with Gasteiger partial charge in [0, 0.05) is 22.6 Å². The first-order valence-electron chi connectivity index (χ1n) is 7.41. The molecule has 0 atom stereocenters. The highest BCUT2D eigenvalue weighted by Gasteiger charge is 2.23. The molecule has 0 unspecified atom stereocenters. The van der Waals surface area contributed by atoms with E-state index in [1.807, 2.05) is 12.1 Å². The smallest absolute Gasteiger partial charge is 0.144 e. The monoisotopic (exact) mass is 309 g/mol. The summed E-state index contributed by atoms with van der Waals surface area (Å²) in [6, 6.07) is 10.4. The molecule has 22 heavy (non-hydrogen) atoms. The number of benzene rings is 2. The molecule has 1 aliphatic rings. The van der Waals surface area contributed by atoms with Crippen molar-refractivity contribution in [1.82, 2.24) is 9.97 Å². The van der Waals surface area contributed by atoms with Gasteiger partial charge in [0.2, 0.25) is 0 Å². The molecule has 0 N–H and O–H groups in total. The second kappa shape index (κ2) is 4.96. The molecule has 0 spiro atoms. The lowest BCUT2D eigenvalue weighted by atomic mass is 10.1. The van der Waals surface area contributed by atoms with Crippen LogP contribution in [0.2, 0.25) is 5.02 Å². The molecular formula is C18H16ClN3. The highest BCUT2D eigenvalue weighted by molar-refractivity contribution is 6.31. The number of hydrogen-bond acceptors (Lipinski definition) is 3. The van der Waals surface area contributed by atoms with Crippen LogP contribution >= 0.6 is 11.6 Å². The summed E-state index contributed by atoms with van der Waals surface area (Å²) in [5, 5.41) is 1.86. The first-order valence-corrected chi connectivity index (χ1v) is 7.79. The van der Waals surface area contributed by atoms with Gasteiger partial charge >= 0.3 is 0 Å². The predicted molar refractivity (Wildman–Crippen MR) is 91.2 cm³/mol. The van der Waals surface area contributed by atoms with Gasteiger partial charge in [-0.3, -0.25) is 0 Å². The van der Waals surface area contributed by atoms with Crippen LogP contribution < -0.4 is 4.90 Å². The van der Waals surface area contributed by atoms with Crippen LogP contribution in [0.15, 0.2) is 36.7 Å². The Bertz CT molecular complexity index is 889. The molecule has 2 heterocycles. The maximum Gasteiger partial charge on any atom is 0.144 e. The van der Waals surface area contributed by atoms with Crippen LogP contribution in [0, 0.1) is 13.8 Å². The first-order chi connectivity index (χ1) is 10.6. The molecule has 0 aliphatic carbocycles. The summed E-state index contributed by atoms with van der Waals surface area (Å²) in [5.74, 6) is 0.967. The van der Waals surface area contributed by atoms with Crippen LogP contribution in [0.3, 0.4) is 0 Å². The van der Waals surface area contributed by atoms with Crippen LogP contribution in [0.25, 0.3) is 10.9 Å². The van der Waals surface area contributed by atoms with E-state index in [-0.39, 0.29) is 0 Å². The van der Waals surface area contributed by atoms with Crippen molar-refractivity contribution in [1.29, 1.82) is 0 Å². The lowest BCUT2D eigenvalue weighted by Crippen LogP contribution is -2.15. The van der Waals surface area contributed by atoms with E-state index >= 15 is 0 Å². The maximum atomic E-state index is 6.18. The SMILES string of the molecule is Cc1cc2ncnc(N3CCc4ccc(Cl)cc43)c2cc1C. The van der Waals surface area contributed by atoms with E-state index in [2.05, 4.69) is 46.9 Å². The average molecular weight is 310 g/mol. The number of rotatable bonds is 1. The number of aryl methyl sites for hydroxylation is 2. The molecule has 3 nitrogen and oxygen atoms in total. The zero-order valence-corrected chi connectivity index (χ0v) is 13.4. The number of halogens is 1. The van der Waals surface area contributed by atoms with Gasteiger partial charge in [-0.05, 0) is 61.2 Å². The molecule has 0 saturated carbocycles. The fourth-order valence-electron chi connectivity index (χ4n) is 3.09. The fourth-order valence-corrected chi connectivity index (χ4v) is 3.26. The highest BCUT2D eigenvalue weighted by atomic mass is 35.5. The van der Waals surface area contributed by atoms with Crippen LogP contribution in [-0.4, -0.2) is 16.5 Å². The summed E-state index contributed by atoms with van der Waals surface area (Å²) in [6.45, 7) is 5.16. The molecule has 0 amide bonds. The Hall–Kier alpha value is -2.13. The second-order valence-corrected chi connectivity index (χ2v) is 6.26. The molecule has 0 saturated heterocycles. The van der Waals surface area contributed by atoms with E-state index in [4.69, 9.17) is 11.6 Å². The van der Waals surface area contributed by atoms with E-state index in [0.717, 1.165) is 40.4 Å². The number of aromatic nitrogens is 2. The third-order valence-electron chi connectivity index (χ3n) is 4.43. The summed E-state index contributed by atoms with van der Waals surface area (Å²) in [6.07, 6.45) is 2.66. The van der Waals surface area contributed by atoms with Gasteiger partial charge in [-0.15, -0.1) is 0 Å². The van der Waals surface area contributed by atoms with Crippen LogP contribution in [0.1, 0.15) is 16.7 Å². The predicted octanol–water partition coefficient (Wildman–Crippen LogP) is 4.59. The van der Waals surface area contributed by atoms with Crippen molar-refractivity contribution in [2.45, 2.75) is 20.3 Å². The van der Waals surface area contributed by atoms with E-state index < -0.39 is 0 Å². The van der Waals surface area contributed by atoms with Gasteiger partial charge in [0.15, 0.2) is 0 Å². The van der Waals surface area contributed by atoms with Crippen LogP contribution in [-0.2, 0) is 6.42 Å². The first kappa shape index (κ1) is 13.5. The van der Waals surface area contributed by atoms with Gasteiger partial charge < -0.3 is 4.90 Å². The third-order valence-corrected chi connectivity index (χ3v) is 4.66. The molecular weight excluding hydrogens is 294 g/mol. The molecule has 1 aliphatic heterocycles. The summed E-state index contributed by atoms with van der Waals surface area (Å²) < 4.78 is 0. The van der Waals surface area contributed by atoms with Crippen molar-refractivity contribution >= 4 is 34.0 Å². The van der Waals surface area contributed by atoms with Crippen LogP contribution in [0.4, 0.5) is 11.5 Å². The Morgan fingerprint density at radius 3 is 2.73 bits per heavy atom. The minimum Gasteiger partial charge on any atom is -0.325 e. The Kier molecular flexibility index (Phi) is 3.05. The number of anilines is 2. The van der Waals surface area contributed by atoms with E-state index in [1.54, 1.807) is 6.33 Å². The largest absolute Gasteiger partial charge is 0.325 e. The van der Waals surface area contributed by atoms with Gasteiger partial charge in [-0.2, -0.15) is 0 Å². The quantitative estimate of drug-likeness (QED) is 0.658. The van der Waals surface area contributed by atoms with Crippen LogP contribution in [0.5, 0.6) is 0 Å². The molecule has 0 radical (unpaired) electrons. The van der Waals surface area contributed by atoms with E-state index in [9.17, 15) is 0 Å². The average Bonchev–Trinajstić information content (AvgIpc) is 2.91. The summed E-state index contributed by atoms with van der Waals surface area (Å²) >= 11 is 6.18. The normalized spacial score (nSPS) is 13.7. The van der Waals surface area contributed by atoms with Gasteiger partial charge in [0.1, 0.15) is 12.1 Å². The molecule has 110 valence electrons. The van der Waals surface area contributed by atoms with Gasteiger partial charge in [0.05, 0.1) is 5.52 Å². The summed E-state index contributed by atoms with van der Waals surface area (Å²) in [7, 11) is 0. The molecule has 4 rings (SSSR count). The zero-order chi connectivity index (χ0) is 15.3. The Balaban J connectivity index is 1.93. The lowest BCUT2D eigenvalue weighted by molar-refractivity contribution is 0.974. The minimum absolute atomic E-state index is 0.760. The molecule has 2 aromatic carbocycles. The fraction of sp³-hybridized carbons (Fsp3) is 0.222. The number of fused-ring (bicyclic) bond motifs is 2. The van der Waals surface area contributed by atoms with Gasteiger partial charge in [0.25, 0.3) is 0 Å². The van der Waals surface area contributed by atoms with Crippen molar-refractivity contribution in [2.24, 2.45) is 0 Å². The van der Waals surface area contributed by atoms with E-state index in [1.165, 1.54) is 16.7 Å². The van der Waals surface area contributed by atoms with Crippen molar-refractivity contribution in [3.05, 3.63) is 58.4 Å². The Morgan fingerprint density at radius 1 is 1.05 bits per heavy atom. The molecule has 0 fully saturated rings. The van der Waals surface area contributed by atoms with Crippen molar-refractivity contribution in [3.8, 4) is 0 Å². The van der Waals surface area contributed by atoms with Crippen molar-refractivity contribution in [2.75, 3.05) is 11.4 Å². The zero-order valence-electron chi connectivity index (χ0n) is 12.6. The molecule has 0 bridgehead atoms. The topological polar surface area (TPSA) is 29.0 Å². The second-order valence-electron chi connectivity index (χ2n) is 5.83. The number of nitrogens with zero attached hydrogens (tertiary/aromatic N) is 3. The Morgan fingerprint density at radius 2 is 1.86 bits per heavy atom. The van der Waals surface area contributed by atoms with Crippen molar-refractivity contribution < 1.29 is 0 Å². The molecule has 3 aromatic rings. The Labute approximate surface area is 134 Å². The van der Waals surface area contributed by atoms with Gasteiger partial charge in [-0.1, -0.05) is 17.7 Å². The van der Waals surface area contributed by atoms with E-state index in [0.29, 0.717) is 0 Å². The summed E-state index contributed by atoms with van der Waals surface area (Å²) in [4.78, 5) is 11.2. The minimum atomic E-state index is 0.760. The third kappa shape index (κ3) is 2.04. The highest BCUT2D eigenvalue weighted by Crippen LogP contribution is 2.38. The summed E-state index contributed by atoms with van der Waals surface area (Å²) in [5.41, 5.74) is 5.98. The molecule has 4 heteroatoms. The van der Waals surface area contributed by atoms with Gasteiger partial charge in [-0.25, -0.2) is 9.97 Å². The lowest BCUT2D eigenvalue weighted by Gasteiger charge is -2.20. The standard InChI is InChI=1S/C18H16ClN3/c1-11-7-15-16(8-12(11)2)20-10-21-18(15)22-6-5-13-3-4-14(19)9-17(13)22/h3-4,7-10H,5-6H2,1-2H3. The molecule has 1 aromatic heterocycles. The van der Waals surface area contributed by atoms with Crippen molar-refractivity contribution in [3.63, 3.8) is 0 Å².